The molecule has 0 unspecified atom stereocenters. The minimum atomic E-state index is -0.289. The van der Waals surface area contributed by atoms with Crippen molar-refractivity contribution in [2.75, 3.05) is 19.6 Å². The van der Waals surface area contributed by atoms with Crippen LogP contribution in [0.3, 0.4) is 0 Å². The van der Waals surface area contributed by atoms with Crippen molar-refractivity contribution in [1.29, 1.82) is 0 Å². The van der Waals surface area contributed by atoms with Crippen LogP contribution in [-0.2, 0) is 4.79 Å². The summed E-state index contributed by atoms with van der Waals surface area (Å²) in [5, 5.41) is 7.17. The summed E-state index contributed by atoms with van der Waals surface area (Å²) in [6.45, 7) is 5.84. The molecule has 1 aliphatic rings. The maximum atomic E-state index is 12.3. The van der Waals surface area contributed by atoms with Gasteiger partial charge in [0.2, 0.25) is 11.7 Å². The highest BCUT2D eigenvalue weighted by Gasteiger charge is 2.19. The Kier molecular flexibility index (Phi) is 5.11. The van der Waals surface area contributed by atoms with E-state index in [2.05, 4.69) is 15.4 Å². The van der Waals surface area contributed by atoms with Gasteiger partial charge in [0.25, 0.3) is 5.91 Å². The third kappa shape index (κ3) is 3.87. The van der Waals surface area contributed by atoms with Crippen LogP contribution in [0.5, 0.6) is 0 Å². The van der Waals surface area contributed by atoms with E-state index in [0.29, 0.717) is 25.3 Å². The molecule has 3 rings (SSSR count). The van der Waals surface area contributed by atoms with Gasteiger partial charge < -0.3 is 10.2 Å². The first-order chi connectivity index (χ1) is 12.1. The van der Waals surface area contributed by atoms with E-state index < -0.39 is 0 Å². The lowest BCUT2D eigenvalue weighted by Crippen LogP contribution is -2.31. The number of aryl methyl sites for hydroxylation is 2. The van der Waals surface area contributed by atoms with E-state index in [1.807, 2.05) is 43.0 Å². The number of para-hydroxylation sites is 1. The van der Waals surface area contributed by atoms with Crippen LogP contribution < -0.4 is 5.32 Å². The van der Waals surface area contributed by atoms with Gasteiger partial charge in [0.05, 0.1) is 5.69 Å². The van der Waals surface area contributed by atoms with Gasteiger partial charge in [0.1, 0.15) is 5.82 Å². The van der Waals surface area contributed by atoms with Gasteiger partial charge in [-0.3, -0.25) is 9.59 Å². The smallest absolute Gasteiger partial charge is 0.290 e. The fraction of sp³-hybridized carbons (Fsp3) is 0.444. The first-order valence-electron chi connectivity index (χ1n) is 8.62. The second-order valence-electron chi connectivity index (χ2n) is 6.27. The van der Waals surface area contributed by atoms with E-state index in [9.17, 15) is 9.59 Å². The molecule has 0 aliphatic carbocycles. The van der Waals surface area contributed by atoms with E-state index in [1.54, 1.807) is 4.68 Å². The van der Waals surface area contributed by atoms with Crippen LogP contribution in [0.2, 0.25) is 0 Å². The molecule has 0 saturated carbocycles. The number of benzene rings is 1. The average molecular weight is 341 g/mol. The quantitative estimate of drug-likeness (QED) is 0.810. The lowest BCUT2D eigenvalue weighted by Gasteiger charge is -2.14. The standard InChI is InChI=1S/C18H23N5O2/c1-13-7-3-4-8-15(13)23-14(2)20-17(21-23)18(25)19-10-6-12-22-11-5-9-16(22)24/h3-4,7-8H,5-6,9-12H2,1-2H3,(H,19,25). The Labute approximate surface area is 147 Å². The summed E-state index contributed by atoms with van der Waals surface area (Å²) >= 11 is 0. The van der Waals surface area contributed by atoms with Gasteiger partial charge in [-0.1, -0.05) is 18.2 Å². The lowest BCUT2D eigenvalue weighted by atomic mass is 10.2. The maximum absolute atomic E-state index is 12.3. The van der Waals surface area contributed by atoms with Crippen LogP contribution >= 0.6 is 0 Å². The Morgan fingerprint density at radius 1 is 1.28 bits per heavy atom. The van der Waals surface area contributed by atoms with Crippen molar-refractivity contribution in [2.24, 2.45) is 0 Å². The van der Waals surface area contributed by atoms with Gasteiger partial charge in [0, 0.05) is 26.1 Å². The molecule has 0 radical (unpaired) electrons. The summed E-state index contributed by atoms with van der Waals surface area (Å²) in [6.07, 6.45) is 2.31. The van der Waals surface area contributed by atoms with Crippen molar-refractivity contribution in [1.82, 2.24) is 25.0 Å². The lowest BCUT2D eigenvalue weighted by molar-refractivity contribution is -0.127. The van der Waals surface area contributed by atoms with Crippen LogP contribution in [0, 0.1) is 13.8 Å². The largest absolute Gasteiger partial charge is 0.349 e. The fourth-order valence-electron chi connectivity index (χ4n) is 3.01. The number of aromatic nitrogens is 3. The number of hydrogen-bond acceptors (Lipinski definition) is 4. The monoisotopic (exact) mass is 341 g/mol. The number of rotatable bonds is 6. The molecule has 1 N–H and O–H groups in total. The Morgan fingerprint density at radius 3 is 2.80 bits per heavy atom. The van der Waals surface area contributed by atoms with E-state index in [1.165, 1.54) is 0 Å². The van der Waals surface area contributed by atoms with Crippen LogP contribution in [0.4, 0.5) is 0 Å². The summed E-state index contributed by atoms with van der Waals surface area (Å²) in [4.78, 5) is 29.9. The predicted molar refractivity (Wildman–Crippen MR) is 93.6 cm³/mol. The van der Waals surface area contributed by atoms with E-state index in [-0.39, 0.29) is 17.6 Å². The van der Waals surface area contributed by atoms with Gasteiger partial charge in [0.15, 0.2) is 0 Å². The molecule has 25 heavy (non-hydrogen) atoms. The molecule has 1 saturated heterocycles. The molecule has 0 spiro atoms. The molecule has 132 valence electrons. The van der Waals surface area contributed by atoms with E-state index in [4.69, 9.17) is 0 Å². The van der Waals surface area contributed by atoms with Crippen molar-refractivity contribution in [3.05, 3.63) is 41.5 Å². The molecule has 0 bridgehead atoms. The summed E-state index contributed by atoms with van der Waals surface area (Å²) in [5.74, 6) is 0.754. The number of carbonyl (C=O) groups is 2. The van der Waals surface area contributed by atoms with Gasteiger partial charge >= 0.3 is 0 Å². The molecule has 0 atom stereocenters. The van der Waals surface area contributed by atoms with E-state index in [0.717, 1.165) is 30.6 Å². The third-order valence-electron chi connectivity index (χ3n) is 4.38. The first kappa shape index (κ1) is 17.1. The molecule has 2 aromatic rings. The van der Waals surface area contributed by atoms with Crippen molar-refractivity contribution >= 4 is 11.8 Å². The van der Waals surface area contributed by atoms with Crippen LogP contribution in [0.15, 0.2) is 24.3 Å². The Balaban J connectivity index is 1.57. The van der Waals surface area contributed by atoms with Crippen molar-refractivity contribution in [2.45, 2.75) is 33.1 Å². The molecule has 2 amide bonds. The van der Waals surface area contributed by atoms with Crippen molar-refractivity contribution in [3.8, 4) is 5.69 Å². The first-order valence-corrected chi connectivity index (χ1v) is 8.62. The molecule has 7 heteroatoms. The molecule has 7 nitrogen and oxygen atoms in total. The highest BCUT2D eigenvalue weighted by Crippen LogP contribution is 2.14. The van der Waals surface area contributed by atoms with Crippen LogP contribution in [-0.4, -0.2) is 51.1 Å². The Bertz CT molecular complexity index is 784. The fourth-order valence-corrected chi connectivity index (χ4v) is 3.01. The number of amides is 2. The minimum absolute atomic E-state index is 0.165. The summed E-state index contributed by atoms with van der Waals surface area (Å²) in [6, 6.07) is 7.84. The van der Waals surface area contributed by atoms with Crippen LogP contribution in [0.1, 0.15) is 41.3 Å². The second kappa shape index (κ2) is 7.46. The highest BCUT2D eigenvalue weighted by molar-refractivity contribution is 5.90. The average Bonchev–Trinajstić information content (AvgIpc) is 3.18. The topological polar surface area (TPSA) is 80.1 Å². The number of nitrogens with zero attached hydrogens (tertiary/aromatic N) is 4. The molecular formula is C18H23N5O2. The van der Waals surface area contributed by atoms with Crippen LogP contribution in [0.25, 0.3) is 5.69 Å². The molecule has 1 aromatic carbocycles. The normalized spacial score (nSPS) is 14.2. The SMILES string of the molecule is Cc1ccccc1-n1nc(C(=O)NCCCN2CCCC2=O)nc1C. The van der Waals surface area contributed by atoms with Gasteiger partial charge in [-0.15, -0.1) is 5.10 Å². The zero-order chi connectivity index (χ0) is 17.8. The number of likely N-dealkylation sites (tertiary alicyclic amines) is 1. The van der Waals surface area contributed by atoms with Gasteiger partial charge in [-0.25, -0.2) is 9.67 Å². The second-order valence-corrected chi connectivity index (χ2v) is 6.27. The molecule has 1 aliphatic heterocycles. The summed E-state index contributed by atoms with van der Waals surface area (Å²) in [7, 11) is 0. The number of carbonyl (C=O) groups excluding carboxylic acids is 2. The molecular weight excluding hydrogens is 318 g/mol. The number of hydrogen-bond donors (Lipinski definition) is 1. The van der Waals surface area contributed by atoms with Crippen molar-refractivity contribution in [3.63, 3.8) is 0 Å². The minimum Gasteiger partial charge on any atom is -0.349 e. The maximum Gasteiger partial charge on any atom is 0.290 e. The van der Waals surface area contributed by atoms with Gasteiger partial charge in [-0.05, 0) is 38.3 Å². The summed E-state index contributed by atoms with van der Waals surface area (Å²) < 4.78 is 1.69. The van der Waals surface area contributed by atoms with E-state index >= 15 is 0 Å². The molecule has 1 fully saturated rings. The highest BCUT2D eigenvalue weighted by atomic mass is 16.2. The molecule has 1 aromatic heterocycles. The summed E-state index contributed by atoms with van der Waals surface area (Å²) in [5.41, 5.74) is 1.98. The Hall–Kier alpha value is -2.70. The Morgan fingerprint density at radius 2 is 2.08 bits per heavy atom. The van der Waals surface area contributed by atoms with Crippen molar-refractivity contribution < 1.29 is 9.59 Å². The van der Waals surface area contributed by atoms with Gasteiger partial charge in [-0.2, -0.15) is 0 Å². The zero-order valence-electron chi connectivity index (χ0n) is 14.7. The number of nitrogens with one attached hydrogen (secondary N) is 1. The molecule has 2 heterocycles. The third-order valence-corrected chi connectivity index (χ3v) is 4.38. The zero-order valence-corrected chi connectivity index (χ0v) is 14.7. The predicted octanol–water partition coefficient (Wildman–Crippen LogP) is 1.63.